The van der Waals surface area contributed by atoms with Gasteiger partial charge in [0.1, 0.15) is 11.9 Å². The highest BCUT2D eigenvalue weighted by Gasteiger charge is 2.26. The summed E-state index contributed by atoms with van der Waals surface area (Å²) in [5.41, 5.74) is 1.31. The molecule has 0 bridgehead atoms. The van der Waals surface area contributed by atoms with Gasteiger partial charge >= 0.3 is 0 Å². The van der Waals surface area contributed by atoms with E-state index in [0.717, 1.165) is 25.2 Å². The molecular formula is C14H17FN2. The number of nitrogens with zero attached hydrogens (tertiary/aromatic N) is 2. The molecule has 1 aliphatic heterocycles. The van der Waals surface area contributed by atoms with Crippen molar-refractivity contribution in [3.8, 4) is 6.07 Å². The van der Waals surface area contributed by atoms with E-state index in [2.05, 4.69) is 24.8 Å². The van der Waals surface area contributed by atoms with E-state index in [4.69, 9.17) is 5.26 Å². The van der Waals surface area contributed by atoms with Gasteiger partial charge in [-0.2, -0.15) is 5.26 Å². The Morgan fingerprint density at radius 2 is 2.24 bits per heavy atom. The quantitative estimate of drug-likeness (QED) is 0.783. The minimum Gasteiger partial charge on any atom is -0.370 e. The van der Waals surface area contributed by atoms with Crippen molar-refractivity contribution in [2.75, 3.05) is 18.0 Å². The Labute approximate surface area is 102 Å². The molecule has 0 spiro atoms. The Morgan fingerprint density at radius 3 is 2.82 bits per heavy atom. The molecule has 0 saturated carbocycles. The monoisotopic (exact) mass is 232 g/mol. The molecule has 0 radical (unpaired) electrons. The lowest BCUT2D eigenvalue weighted by Gasteiger charge is -2.21. The van der Waals surface area contributed by atoms with Gasteiger partial charge < -0.3 is 4.90 Å². The van der Waals surface area contributed by atoms with E-state index in [9.17, 15) is 4.39 Å². The van der Waals surface area contributed by atoms with Gasteiger partial charge in [-0.05, 0) is 36.5 Å². The van der Waals surface area contributed by atoms with Crippen molar-refractivity contribution >= 4 is 5.69 Å². The van der Waals surface area contributed by atoms with E-state index in [0.29, 0.717) is 17.4 Å². The third-order valence-corrected chi connectivity index (χ3v) is 3.59. The molecule has 1 aromatic rings. The topological polar surface area (TPSA) is 27.0 Å². The second-order valence-corrected chi connectivity index (χ2v) is 5.01. The fourth-order valence-corrected chi connectivity index (χ4v) is 2.42. The highest BCUT2D eigenvalue weighted by molar-refractivity contribution is 5.59. The molecule has 0 amide bonds. The van der Waals surface area contributed by atoms with Gasteiger partial charge in [0.05, 0.1) is 11.3 Å². The van der Waals surface area contributed by atoms with Crippen LogP contribution in [0.3, 0.4) is 0 Å². The predicted molar refractivity (Wildman–Crippen MR) is 66.3 cm³/mol. The summed E-state index contributed by atoms with van der Waals surface area (Å²) in [6.45, 7) is 6.38. The largest absolute Gasteiger partial charge is 0.370 e. The first-order valence-electron chi connectivity index (χ1n) is 6.06. The SMILES string of the molecule is CC(C)C1CCN(c2ccc(F)cc2C#N)C1. The molecule has 1 aliphatic rings. The summed E-state index contributed by atoms with van der Waals surface area (Å²) in [6, 6.07) is 6.54. The van der Waals surface area contributed by atoms with Crippen LogP contribution >= 0.6 is 0 Å². The molecule has 1 heterocycles. The van der Waals surface area contributed by atoms with E-state index in [1.54, 1.807) is 6.07 Å². The Kier molecular flexibility index (Phi) is 3.33. The predicted octanol–water partition coefficient (Wildman–Crippen LogP) is 3.18. The Morgan fingerprint density at radius 1 is 1.47 bits per heavy atom. The number of anilines is 1. The van der Waals surface area contributed by atoms with E-state index in [1.807, 2.05) is 0 Å². The molecule has 0 aromatic heterocycles. The highest BCUT2D eigenvalue weighted by Crippen LogP contribution is 2.30. The van der Waals surface area contributed by atoms with Crippen LogP contribution < -0.4 is 4.90 Å². The van der Waals surface area contributed by atoms with E-state index in [-0.39, 0.29) is 5.82 Å². The minimum absolute atomic E-state index is 0.343. The molecule has 1 saturated heterocycles. The summed E-state index contributed by atoms with van der Waals surface area (Å²) < 4.78 is 13.1. The first-order chi connectivity index (χ1) is 8.11. The van der Waals surface area contributed by atoms with E-state index < -0.39 is 0 Å². The van der Waals surface area contributed by atoms with Gasteiger partial charge in [0.15, 0.2) is 0 Å². The molecule has 0 N–H and O–H groups in total. The fourth-order valence-electron chi connectivity index (χ4n) is 2.42. The van der Waals surface area contributed by atoms with Gasteiger partial charge in [0.25, 0.3) is 0 Å². The van der Waals surface area contributed by atoms with Gasteiger partial charge in [-0.25, -0.2) is 4.39 Å². The molecule has 1 unspecified atom stereocenters. The number of nitriles is 1. The van der Waals surface area contributed by atoms with Crippen molar-refractivity contribution in [1.82, 2.24) is 0 Å². The summed E-state index contributed by atoms with van der Waals surface area (Å²) in [7, 11) is 0. The lowest BCUT2D eigenvalue weighted by atomic mass is 9.95. The van der Waals surface area contributed by atoms with Crippen LogP contribution in [0, 0.1) is 29.0 Å². The molecule has 1 atom stereocenters. The van der Waals surface area contributed by atoms with Crippen LogP contribution in [0.5, 0.6) is 0 Å². The molecule has 3 heteroatoms. The minimum atomic E-state index is -0.343. The zero-order valence-electron chi connectivity index (χ0n) is 10.3. The maximum absolute atomic E-state index is 13.1. The lowest BCUT2D eigenvalue weighted by molar-refractivity contribution is 0.423. The number of rotatable bonds is 2. The number of hydrogen-bond acceptors (Lipinski definition) is 2. The molecule has 17 heavy (non-hydrogen) atoms. The molecule has 90 valence electrons. The van der Waals surface area contributed by atoms with Crippen LogP contribution in [0.2, 0.25) is 0 Å². The molecule has 2 rings (SSSR count). The summed E-state index contributed by atoms with van der Waals surface area (Å²) in [5.74, 6) is 0.988. The van der Waals surface area contributed by atoms with Crippen molar-refractivity contribution in [3.63, 3.8) is 0 Å². The maximum atomic E-state index is 13.1. The lowest BCUT2D eigenvalue weighted by Crippen LogP contribution is -2.22. The smallest absolute Gasteiger partial charge is 0.124 e. The molecule has 1 aromatic carbocycles. The van der Waals surface area contributed by atoms with Crippen molar-refractivity contribution in [3.05, 3.63) is 29.6 Å². The molecular weight excluding hydrogens is 215 g/mol. The number of hydrogen-bond donors (Lipinski definition) is 0. The van der Waals surface area contributed by atoms with Gasteiger partial charge in [0, 0.05) is 13.1 Å². The van der Waals surface area contributed by atoms with Gasteiger partial charge in [0.2, 0.25) is 0 Å². The Balaban J connectivity index is 2.22. The van der Waals surface area contributed by atoms with Crippen LogP contribution in [-0.4, -0.2) is 13.1 Å². The highest BCUT2D eigenvalue weighted by atomic mass is 19.1. The Hall–Kier alpha value is -1.56. The van der Waals surface area contributed by atoms with Crippen LogP contribution in [0.25, 0.3) is 0 Å². The summed E-state index contributed by atoms with van der Waals surface area (Å²) in [4.78, 5) is 2.20. The summed E-state index contributed by atoms with van der Waals surface area (Å²) in [6.07, 6.45) is 1.15. The van der Waals surface area contributed by atoms with Crippen LogP contribution in [0.15, 0.2) is 18.2 Å². The molecule has 2 nitrogen and oxygen atoms in total. The first-order valence-corrected chi connectivity index (χ1v) is 6.06. The third-order valence-electron chi connectivity index (χ3n) is 3.59. The van der Waals surface area contributed by atoms with Crippen LogP contribution in [-0.2, 0) is 0 Å². The summed E-state index contributed by atoms with van der Waals surface area (Å²) in [5, 5.41) is 9.03. The fraction of sp³-hybridized carbons (Fsp3) is 0.500. The zero-order chi connectivity index (χ0) is 12.4. The average molecular weight is 232 g/mol. The summed E-state index contributed by atoms with van der Waals surface area (Å²) >= 11 is 0. The van der Waals surface area contributed by atoms with E-state index in [1.165, 1.54) is 12.1 Å². The van der Waals surface area contributed by atoms with Crippen LogP contribution in [0.1, 0.15) is 25.8 Å². The van der Waals surface area contributed by atoms with Gasteiger partial charge in [-0.1, -0.05) is 13.8 Å². The second kappa shape index (κ2) is 4.75. The standard InChI is InChI=1S/C14H17FN2/c1-10(2)11-5-6-17(9-11)14-4-3-13(15)7-12(14)8-16/h3-4,7,10-11H,5-6,9H2,1-2H3. The maximum Gasteiger partial charge on any atom is 0.124 e. The number of halogens is 1. The van der Waals surface area contributed by atoms with E-state index >= 15 is 0 Å². The van der Waals surface area contributed by atoms with Crippen molar-refractivity contribution < 1.29 is 4.39 Å². The van der Waals surface area contributed by atoms with Crippen molar-refractivity contribution in [1.29, 1.82) is 5.26 Å². The van der Waals surface area contributed by atoms with Crippen molar-refractivity contribution in [2.45, 2.75) is 20.3 Å². The molecule has 1 fully saturated rings. The normalized spacial score (nSPS) is 19.7. The van der Waals surface area contributed by atoms with Gasteiger partial charge in [-0.3, -0.25) is 0 Å². The average Bonchev–Trinajstić information content (AvgIpc) is 2.78. The zero-order valence-corrected chi connectivity index (χ0v) is 10.3. The van der Waals surface area contributed by atoms with Gasteiger partial charge in [-0.15, -0.1) is 0 Å². The van der Waals surface area contributed by atoms with Crippen LogP contribution in [0.4, 0.5) is 10.1 Å². The third kappa shape index (κ3) is 2.41. The second-order valence-electron chi connectivity index (χ2n) is 5.01. The van der Waals surface area contributed by atoms with Crippen molar-refractivity contribution in [2.24, 2.45) is 11.8 Å². The Bertz CT molecular complexity index is 448. The first kappa shape index (κ1) is 11.9. The molecule has 0 aliphatic carbocycles. The number of benzene rings is 1.